The minimum absolute atomic E-state index is 0.0471. The van der Waals surface area contributed by atoms with E-state index in [9.17, 15) is 13.2 Å². The Morgan fingerprint density at radius 2 is 2.06 bits per heavy atom. The Balaban J connectivity index is 2.51. The molecule has 7 nitrogen and oxygen atoms in total. The summed E-state index contributed by atoms with van der Waals surface area (Å²) in [6.07, 6.45) is 0. The predicted octanol–water partition coefficient (Wildman–Crippen LogP) is -0.325. The second kappa shape index (κ2) is 3.66. The van der Waals surface area contributed by atoms with Gasteiger partial charge in [0.05, 0.1) is 17.2 Å². The van der Waals surface area contributed by atoms with E-state index in [-0.39, 0.29) is 23.1 Å². The number of aliphatic carboxylic acids is 1. The Bertz CT molecular complexity index is 597. The maximum Gasteiger partial charge on any atom is 0.313 e. The summed E-state index contributed by atoms with van der Waals surface area (Å²) in [7, 11) is -3.22. The van der Waals surface area contributed by atoms with Crippen LogP contribution < -0.4 is 5.73 Å². The monoisotopic (exact) mass is 257 g/mol. The molecule has 3 N–H and O–H groups in total. The lowest BCUT2D eigenvalue weighted by Crippen LogP contribution is -2.14. The average Bonchev–Trinajstić information content (AvgIpc) is 2.51. The number of fused-ring (bicyclic) bond motifs is 1. The van der Waals surface area contributed by atoms with Gasteiger partial charge in [-0.1, -0.05) is 0 Å². The van der Waals surface area contributed by atoms with Crippen molar-refractivity contribution in [2.24, 2.45) is 0 Å². The Labute approximate surface area is 97.6 Å². The lowest BCUT2D eigenvalue weighted by Gasteiger charge is -2.08. The molecule has 0 saturated heterocycles. The molecule has 1 unspecified atom stereocenters. The van der Waals surface area contributed by atoms with E-state index in [0.717, 1.165) is 0 Å². The van der Waals surface area contributed by atoms with Gasteiger partial charge in [-0.25, -0.2) is 18.4 Å². The third-order valence-corrected chi connectivity index (χ3v) is 4.06. The lowest BCUT2D eigenvalue weighted by molar-refractivity contribution is -0.138. The van der Waals surface area contributed by atoms with Gasteiger partial charge in [-0.05, 0) is 6.92 Å². The molecule has 0 bridgehead atoms. The minimum Gasteiger partial charge on any atom is -0.481 e. The number of rotatable bonds is 2. The van der Waals surface area contributed by atoms with E-state index in [1.807, 2.05) is 0 Å². The van der Waals surface area contributed by atoms with Crippen molar-refractivity contribution >= 4 is 21.6 Å². The Morgan fingerprint density at radius 3 is 2.65 bits per heavy atom. The van der Waals surface area contributed by atoms with Crippen LogP contribution in [0.3, 0.4) is 0 Å². The van der Waals surface area contributed by atoms with Gasteiger partial charge in [-0.2, -0.15) is 0 Å². The molecular weight excluding hydrogens is 246 g/mol. The number of anilines is 1. The third kappa shape index (κ3) is 2.07. The van der Waals surface area contributed by atoms with Crippen LogP contribution in [0.2, 0.25) is 0 Å². The second-order valence-corrected chi connectivity index (χ2v) is 6.05. The summed E-state index contributed by atoms with van der Waals surface area (Å²) in [6, 6.07) is 0. The van der Waals surface area contributed by atoms with Crippen molar-refractivity contribution in [1.29, 1.82) is 0 Å². The number of sulfone groups is 1. The molecule has 0 radical (unpaired) electrons. The summed E-state index contributed by atoms with van der Waals surface area (Å²) in [5, 5.41) is 8.84. The Kier molecular flexibility index (Phi) is 2.53. The largest absolute Gasteiger partial charge is 0.481 e. The van der Waals surface area contributed by atoms with Gasteiger partial charge in [0.15, 0.2) is 9.84 Å². The zero-order valence-electron chi connectivity index (χ0n) is 9.04. The van der Waals surface area contributed by atoms with Crippen LogP contribution in [-0.2, 0) is 26.1 Å². The van der Waals surface area contributed by atoms with Crippen LogP contribution in [0.1, 0.15) is 29.9 Å². The number of carbonyl (C=O) groups is 1. The molecule has 2 rings (SSSR count). The van der Waals surface area contributed by atoms with Gasteiger partial charge >= 0.3 is 5.97 Å². The summed E-state index contributed by atoms with van der Waals surface area (Å²) >= 11 is 0. The number of hydrogen-bond acceptors (Lipinski definition) is 6. The first-order valence-electron chi connectivity index (χ1n) is 4.88. The predicted molar refractivity (Wildman–Crippen MR) is 58.8 cm³/mol. The van der Waals surface area contributed by atoms with Crippen molar-refractivity contribution in [2.45, 2.75) is 24.3 Å². The van der Waals surface area contributed by atoms with Crippen LogP contribution in [0.25, 0.3) is 0 Å². The Hall–Kier alpha value is -1.70. The van der Waals surface area contributed by atoms with Crippen LogP contribution >= 0.6 is 0 Å². The summed E-state index contributed by atoms with van der Waals surface area (Å²) < 4.78 is 22.8. The highest BCUT2D eigenvalue weighted by Crippen LogP contribution is 2.28. The number of nitrogen functional groups attached to an aromatic ring is 1. The van der Waals surface area contributed by atoms with Gasteiger partial charge in [-0.15, -0.1) is 0 Å². The molecule has 0 saturated carbocycles. The zero-order valence-corrected chi connectivity index (χ0v) is 9.86. The lowest BCUT2D eigenvalue weighted by atomic mass is 10.1. The van der Waals surface area contributed by atoms with Crippen LogP contribution in [-0.4, -0.2) is 29.5 Å². The molecule has 8 heteroatoms. The van der Waals surface area contributed by atoms with Crippen LogP contribution in [0.4, 0.5) is 5.82 Å². The first-order chi connectivity index (χ1) is 7.80. The molecule has 17 heavy (non-hydrogen) atoms. The standard InChI is InChI=1S/C9H11N3O4S/c1-4(9(13)14)8-11-6-3-17(15,16)2-5(6)7(10)12-8/h4H,2-3H2,1H3,(H,13,14)(H2,10,11,12). The molecule has 0 aliphatic carbocycles. The molecule has 0 fully saturated rings. The van der Waals surface area contributed by atoms with Crippen LogP contribution in [0.15, 0.2) is 0 Å². The molecule has 1 aromatic heterocycles. The van der Waals surface area contributed by atoms with Gasteiger partial charge in [0.1, 0.15) is 17.6 Å². The number of hydrogen-bond donors (Lipinski definition) is 2. The van der Waals surface area contributed by atoms with E-state index in [1.165, 1.54) is 6.92 Å². The normalized spacial score (nSPS) is 18.6. The molecule has 1 aliphatic heterocycles. The molecule has 0 amide bonds. The van der Waals surface area contributed by atoms with Crippen molar-refractivity contribution < 1.29 is 18.3 Å². The molecule has 1 aromatic rings. The summed E-state index contributed by atoms with van der Waals surface area (Å²) in [6.45, 7) is 1.42. The quantitative estimate of drug-likeness (QED) is 0.743. The van der Waals surface area contributed by atoms with E-state index < -0.39 is 21.7 Å². The van der Waals surface area contributed by atoms with Gasteiger partial charge in [0.25, 0.3) is 0 Å². The fraction of sp³-hybridized carbons (Fsp3) is 0.444. The molecule has 0 aromatic carbocycles. The Morgan fingerprint density at radius 1 is 1.41 bits per heavy atom. The van der Waals surface area contributed by atoms with Crippen LogP contribution in [0.5, 0.6) is 0 Å². The average molecular weight is 257 g/mol. The smallest absolute Gasteiger partial charge is 0.313 e. The molecular formula is C9H11N3O4S. The highest BCUT2D eigenvalue weighted by molar-refractivity contribution is 7.90. The molecule has 0 spiro atoms. The number of nitrogens with two attached hydrogens (primary N) is 1. The maximum atomic E-state index is 11.4. The minimum atomic E-state index is -3.22. The zero-order chi connectivity index (χ0) is 12.8. The molecule has 1 atom stereocenters. The maximum absolute atomic E-state index is 11.4. The van der Waals surface area contributed by atoms with Crippen molar-refractivity contribution in [1.82, 2.24) is 9.97 Å². The second-order valence-electron chi connectivity index (χ2n) is 3.98. The number of aromatic nitrogens is 2. The van der Waals surface area contributed by atoms with Crippen molar-refractivity contribution in [2.75, 3.05) is 5.73 Å². The van der Waals surface area contributed by atoms with Crippen molar-refractivity contribution in [3.8, 4) is 0 Å². The van der Waals surface area contributed by atoms with E-state index in [0.29, 0.717) is 11.3 Å². The molecule has 2 heterocycles. The topological polar surface area (TPSA) is 123 Å². The first-order valence-corrected chi connectivity index (χ1v) is 6.70. The highest BCUT2D eigenvalue weighted by Gasteiger charge is 2.30. The number of carboxylic acid groups (broad SMARTS) is 1. The van der Waals surface area contributed by atoms with Gasteiger partial charge in [-0.3, -0.25) is 4.79 Å². The molecule has 1 aliphatic rings. The van der Waals surface area contributed by atoms with Gasteiger partial charge in [0.2, 0.25) is 0 Å². The van der Waals surface area contributed by atoms with Crippen LogP contribution in [0, 0.1) is 0 Å². The third-order valence-electron chi connectivity index (χ3n) is 2.62. The van der Waals surface area contributed by atoms with E-state index >= 15 is 0 Å². The first kappa shape index (κ1) is 11.8. The van der Waals surface area contributed by atoms with Gasteiger partial charge in [0, 0.05) is 5.56 Å². The van der Waals surface area contributed by atoms with E-state index in [1.54, 1.807) is 0 Å². The van der Waals surface area contributed by atoms with Crippen molar-refractivity contribution in [3.05, 3.63) is 17.1 Å². The fourth-order valence-electron chi connectivity index (χ4n) is 1.63. The highest BCUT2D eigenvalue weighted by atomic mass is 32.2. The number of carboxylic acids is 1. The van der Waals surface area contributed by atoms with Gasteiger partial charge < -0.3 is 10.8 Å². The summed E-state index contributed by atoms with van der Waals surface area (Å²) in [5.74, 6) is -2.26. The fourth-order valence-corrected chi connectivity index (χ4v) is 3.14. The van der Waals surface area contributed by atoms with E-state index in [4.69, 9.17) is 10.8 Å². The van der Waals surface area contributed by atoms with Crippen molar-refractivity contribution in [3.63, 3.8) is 0 Å². The number of nitrogens with zero attached hydrogens (tertiary/aromatic N) is 2. The summed E-state index contributed by atoms with van der Waals surface area (Å²) in [4.78, 5) is 18.6. The summed E-state index contributed by atoms with van der Waals surface area (Å²) in [5.41, 5.74) is 6.34. The SMILES string of the molecule is CC(C(=O)O)c1nc(N)c2c(n1)CS(=O)(=O)C2. The molecule has 92 valence electrons. The van der Waals surface area contributed by atoms with E-state index in [2.05, 4.69) is 9.97 Å².